The fourth-order valence-corrected chi connectivity index (χ4v) is 5.95. The van der Waals surface area contributed by atoms with Crippen molar-refractivity contribution in [2.24, 2.45) is 4.99 Å². The van der Waals surface area contributed by atoms with Gasteiger partial charge in [0.15, 0.2) is 0 Å². The Kier molecular flexibility index (Phi) is 6.10. The first-order valence-electron chi connectivity index (χ1n) is 10.6. The molecule has 0 fully saturated rings. The van der Waals surface area contributed by atoms with Gasteiger partial charge < -0.3 is 0 Å². The van der Waals surface area contributed by atoms with E-state index in [0.29, 0.717) is 15.8 Å². The molecular weight excluding hydrogens is 502 g/mol. The van der Waals surface area contributed by atoms with Crippen LogP contribution in [-0.4, -0.2) is 15.0 Å². The molecule has 1 aromatic heterocycles. The van der Waals surface area contributed by atoms with E-state index in [4.69, 9.17) is 9.41 Å². The number of fused-ring (bicyclic) bond motifs is 1. The van der Waals surface area contributed by atoms with Gasteiger partial charge in [0.2, 0.25) is 0 Å². The third kappa shape index (κ3) is 4.69. The summed E-state index contributed by atoms with van der Waals surface area (Å²) in [4.78, 5) is 4.74. The van der Waals surface area contributed by atoms with E-state index >= 15 is 0 Å². The second-order valence-electron chi connectivity index (χ2n) is 7.55. The van der Waals surface area contributed by atoms with Crippen molar-refractivity contribution in [1.29, 1.82) is 0 Å². The van der Waals surface area contributed by atoms with Gasteiger partial charge in [-0.1, -0.05) is 0 Å². The van der Waals surface area contributed by atoms with E-state index < -0.39 is 26.7 Å². The molecule has 0 bridgehead atoms. The molecule has 34 heavy (non-hydrogen) atoms. The Balaban J connectivity index is 1.76. The topological polar surface area (TPSA) is 25.5 Å². The summed E-state index contributed by atoms with van der Waals surface area (Å²) in [7, 11) is 0. The van der Waals surface area contributed by atoms with Crippen LogP contribution >= 0.6 is 0 Å². The van der Waals surface area contributed by atoms with Crippen molar-refractivity contribution in [2.45, 2.75) is 6.18 Å². The molecule has 0 N–H and O–H groups in total. The maximum absolute atomic E-state index is 13.3. The Morgan fingerprint density at radius 2 is 1.32 bits per heavy atom. The summed E-state index contributed by atoms with van der Waals surface area (Å²) in [6.45, 7) is 0. The Morgan fingerprint density at radius 1 is 0.676 bits per heavy atom. The average Bonchev–Trinajstić information content (AvgIpc) is 2.86. The molecular formula is C28H18F3NOSe. The molecule has 0 amide bonds. The monoisotopic (exact) mass is 521 g/mol. The normalized spacial score (nSPS) is 12.3. The molecule has 5 rings (SSSR count). The van der Waals surface area contributed by atoms with Gasteiger partial charge in [-0.3, -0.25) is 0 Å². The molecule has 0 aliphatic heterocycles. The standard InChI is InChI=1S/C28H18F3NOSe/c29-28(30,31)20-12-9-15-22(18-20)34-26-23-16-7-8-17-24(23)27(32-21-13-5-2-6-14-21)33-25(26)19-10-3-1-4-11-19/h1-18H. The fraction of sp³-hybridized carbons (Fsp3) is 0.0357. The van der Waals surface area contributed by atoms with E-state index in [1.165, 1.54) is 12.1 Å². The third-order valence-electron chi connectivity index (χ3n) is 5.21. The summed E-state index contributed by atoms with van der Waals surface area (Å²) in [6.07, 6.45) is -4.39. The Labute approximate surface area is 200 Å². The molecule has 0 aliphatic rings. The van der Waals surface area contributed by atoms with Crippen LogP contribution in [-0.2, 0) is 6.18 Å². The van der Waals surface area contributed by atoms with Crippen LogP contribution in [0.2, 0.25) is 0 Å². The fourth-order valence-electron chi connectivity index (χ4n) is 3.63. The first kappa shape index (κ1) is 22.2. The van der Waals surface area contributed by atoms with Crippen LogP contribution in [0.15, 0.2) is 119 Å². The number of hydrogen-bond acceptors (Lipinski definition) is 2. The van der Waals surface area contributed by atoms with E-state index in [2.05, 4.69) is 0 Å². The molecule has 0 unspecified atom stereocenters. The molecule has 0 saturated heterocycles. The third-order valence-corrected chi connectivity index (χ3v) is 7.52. The molecule has 1 heterocycles. The van der Waals surface area contributed by atoms with Crippen molar-refractivity contribution >= 4 is 40.3 Å². The van der Waals surface area contributed by atoms with Crippen LogP contribution in [0.4, 0.5) is 18.9 Å². The second kappa shape index (κ2) is 9.33. The van der Waals surface area contributed by atoms with E-state index in [0.717, 1.165) is 32.6 Å². The van der Waals surface area contributed by atoms with Gasteiger partial charge >= 0.3 is 201 Å². The van der Waals surface area contributed by atoms with Crippen molar-refractivity contribution in [3.63, 3.8) is 0 Å². The number of hydrogen-bond donors (Lipinski definition) is 0. The van der Waals surface area contributed by atoms with Crippen molar-refractivity contribution in [3.05, 3.63) is 120 Å². The summed E-state index contributed by atoms with van der Waals surface area (Å²) in [6, 6.07) is 32.4. The average molecular weight is 520 g/mol. The number of para-hydroxylation sites is 1. The van der Waals surface area contributed by atoms with Crippen LogP contribution in [0.25, 0.3) is 22.1 Å². The summed E-state index contributed by atoms with van der Waals surface area (Å²) in [5.41, 5.74) is 1.42. The molecule has 0 saturated carbocycles. The van der Waals surface area contributed by atoms with Gasteiger partial charge in [0.25, 0.3) is 0 Å². The van der Waals surface area contributed by atoms with E-state index in [1.807, 2.05) is 84.9 Å². The molecule has 0 atom stereocenters. The molecule has 168 valence electrons. The number of rotatable bonds is 4. The molecule has 5 aromatic rings. The molecule has 0 spiro atoms. The van der Waals surface area contributed by atoms with Crippen LogP contribution < -0.4 is 14.5 Å². The van der Waals surface area contributed by atoms with Gasteiger partial charge in [0.1, 0.15) is 0 Å². The summed E-state index contributed by atoms with van der Waals surface area (Å²) < 4.78 is 47.9. The second-order valence-corrected chi connectivity index (χ2v) is 9.83. The summed E-state index contributed by atoms with van der Waals surface area (Å²) in [5.74, 6) is 0.617. The molecule has 2 nitrogen and oxygen atoms in total. The number of benzene rings is 4. The van der Waals surface area contributed by atoms with E-state index in [9.17, 15) is 13.2 Å². The minimum absolute atomic E-state index is 0.444. The van der Waals surface area contributed by atoms with Gasteiger partial charge in [-0.25, -0.2) is 0 Å². The van der Waals surface area contributed by atoms with Gasteiger partial charge in [0.05, 0.1) is 0 Å². The number of nitrogens with zero attached hydrogens (tertiary/aromatic N) is 1. The first-order chi connectivity index (χ1) is 16.5. The molecule has 0 radical (unpaired) electrons. The zero-order valence-corrected chi connectivity index (χ0v) is 19.5. The van der Waals surface area contributed by atoms with Crippen molar-refractivity contribution in [3.8, 4) is 11.3 Å². The Morgan fingerprint density at radius 3 is 2.03 bits per heavy atom. The quantitative estimate of drug-likeness (QED) is 0.267. The van der Waals surface area contributed by atoms with Gasteiger partial charge in [-0.05, 0) is 0 Å². The predicted octanol–water partition coefficient (Wildman–Crippen LogP) is 6.01. The summed E-state index contributed by atoms with van der Waals surface area (Å²) >= 11 is -0.444. The van der Waals surface area contributed by atoms with Crippen LogP contribution in [0.3, 0.4) is 0 Å². The molecule has 0 aliphatic carbocycles. The minimum atomic E-state index is -4.39. The van der Waals surface area contributed by atoms with Crippen molar-refractivity contribution in [2.75, 3.05) is 0 Å². The number of alkyl halides is 3. The zero-order chi connectivity index (χ0) is 23.5. The van der Waals surface area contributed by atoms with Gasteiger partial charge in [0, 0.05) is 0 Å². The van der Waals surface area contributed by atoms with Gasteiger partial charge in [-0.2, -0.15) is 0 Å². The molecule has 6 heteroatoms. The van der Waals surface area contributed by atoms with Crippen LogP contribution in [0.1, 0.15) is 5.56 Å². The van der Waals surface area contributed by atoms with Gasteiger partial charge in [-0.15, -0.1) is 0 Å². The predicted molar refractivity (Wildman–Crippen MR) is 130 cm³/mol. The first-order valence-corrected chi connectivity index (χ1v) is 12.3. The zero-order valence-electron chi connectivity index (χ0n) is 17.8. The maximum atomic E-state index is 13.3. The van der Waals surface area contributed by atoms with E-state index in [-0.39, 0.29) is 0 Å². The van der Waals surface area contributed by atoms with Crippen molar-refractivity contribution < 1.29 is 17.6 Å². The number of halogens is 3. The van der Waals surface area contributed by atoms with Crippen LogP contribution in [0, 0.1) is 0 Å². The summed E-state index contributed by atoms with van der Waals surface area (Å²) in [5, 5.41) is 1.73. The van der Waals surface area contributed by atoms with E-state index in [1.54, 1.807) is 6.07 Å². The SMILES string of the molecule is FC(F)(F)c1cccc([Se]c2c(-c3ccccc3)oc(=Nc3ccccc3)c3ccccc23)c1. The molecule has 4 aromatic carbocycles. The Bertz CT molecular complexity index is 1510. The Hall–Kier alpha value is -3.60. The van der Waals surface area contributed by atoms with Crippen LogP contribution in [0.5, 0.6) is 0 Å². The van der Waals surface area contributed by atoms with Crippen molar-refractivity contribution in [1.82, 2.24) is 0 Å².